The van der Waals surface area contributed by atoms with Crippen molar-refractivity contribution in [3.8, 4) is 0 Å². The first kappa shape index (κ1) is 12.6. The number of hydrogen-bond donors (Lipinski definition) is 1. The van der Waals surface area contributed by atoms with Gasteiger partial charge in [-0.1, -0.05) is 32.1 Å². The van der Waals surface area contributed by atoms with Crippen LogP contribution in [0.2, 0.25) is 0 Å². The molecule has 0 radical (unpaired) electrons. The maximum Gasteiger partial charge on any atom is 0.161 e. The lowest BCUT2D eigenvalue weighted by atomic mass is 9.80. The zero-order valence-corrected chi connectivity index (χ0v) is 11.0. The largest absolute Gasteiger partial charge is 0.376 e. The molecule has 0 bridgehead atoms. The van der Waals surface area contributed by atoms with Crippen molar-refractivity contribution in [1.29, 1.82) is 0 Å². The average Bonchev–Trinajstić information content (AvgIpc) is 2.39. The van der Waals surface area contributed by atoms with Gasteiger partial charge in [0.1, 0.15) is 5.54 Å². The zero-order valence-electron chi connectivity index (χ0n) is 11.0. The highest BCUT2D eigenvalue weighted by molar-refractivity contribution is 5.96. The minimum atomic E-state index is -0.333. The summed E-state index contributed by atoms with van der Waals surface area (Å²) in [6.07, 6.45) is 7.50. The summed E-state index contributed by atoms with van der Waals surface area (Å²) in [5.41, 5.74) is 1.33. The number of aromatic nitrogens is 1. The fourth-order valence-corrected chi connectivity index (χ4v) is 2.16. The summed E-state index contributed by atoms with van der Waals surface area (Å²) in [5, 5.41) is 3.35. The van der Waals surface area contributed by atoms with Gasteiger partial charge in [0, 0.05) is 18.0 Å². The Kier molecular flexibility index (Phi) is 3.32. The highest BCUT2D eigenvalue weighted by atomic mass is 16.1. The van der Waals surface area contributed by atoms with Gasteiger partial charge in [-0.05, 0) is 25.0 Å². The van der Waals surface area contributed by atoms with E-state index in [1.807, 2.05) is 30.4 Å². The molecule has 0 aromatic carbocycles. The molecule has 3 nitrogen and oxygen atoms in total. The molecular weight excluding hydrogens is 224 g/mol. The quantitative estimate of drug-likeness (QED) is 0.885. The van der Waals surface area contributed by atoms with E-state index in [-0.39, 0.29) is 11.3 Å². The molecule has 0 saturated carbocycles. The predicted molar refractivity (Wildman–Crippen MR) is 71.8 cm³/mol. The Morgan fingerprint density at radius 3 is 2.61 bits per heavy atom. The number of carbonyl (C=O) groups is 1. The van der Waals surface area contributed by atoms with Crippen LogP contribution in [-0.4, -0.2) is 10.8 Å². The van der Waals surface area contributed by atoms with Gasteiger partial charge in [0.05, 0.1) is 5.69 Å². The van der Waals surface area contributed by atoms with E-state index >= 15 is 0 Å². The smallest absolute Gasteiger partial charge is 0.161 e. The highest BCUT2D eigenvalue weighted by Crippen LogP contribution is 2.32. The van der Waals surface area contributed by atoms with Gasteiger partial charge in [-0.3, -0.25) is 9.78 Å². The second-order valence-corrected chi connectivity index (χ2v) is 4.87. The molecule has 1 aromatic heterocycles. The van der Waals surface area contributed by atoms with Crippen molar-refractivity contribution in [3.63, 3.8) is 0 Å². The molecular formula is C15H18N2O. The lowest BCUT2D eigenvalue weighted by Crippen LogP contribution is -2.44. The average molecular weight is 242 g/mol. The fraction of sp³-hybridized carbons (Fsp3) is 0.333. The Morgan fingerprint density at radius 2 is 2.17 bits per heavy atom. The van der Waals surface area contributed by atoms with Gasteiger partial charge in [-0.15, -0.1) is 0 Å². The van der Waals surface area contributed by atoms with Gasteiger partial charge in [-0.2, -0.15) is 0 Å². The van der Waals surface area contributed by atoms with Crippen LogP contribution >= 0.6 is 0 Å². The van der Waals surface area contributed by atoms with Crippen molar-refractivity contribution in [2.75, 3.05) is 0 Å². The van der Waals surface area contributed by atoms with Crippen molar-refractivity contribution >= 4 is 5.78 Å². The van der Waals surface area contributed by atoms with Crippen molar-refractivity contribution in [2.45, 2.75) is 26.3 Å². The molecule has 2 rings (SSSR count). The Morgan fingerprint density at radius 1 is 1.39 bits per heavy atom. The number of ketones is 1. The van der Waals surface area contributed by atoms with Crippen LogP contribution in [0.3, 0.4) is 0 Å². The van der Waals surface area contributed by atoms with E-state index in [1.54, 1.807) is 19.3 Å². The topological polar surface area (TPSA) is 42.0 Å². The summed E-state index contributed by atoms with van der Waals surface area (Å²) in [7, 11) is 0. The molecule has 1 aliphatic rings. The third-order valence-corrected chi connectivity index (χ3v) is 3.40. The number of allylic oxidation sites excluding steroid dienone is 2. The first-order valence-electron chi connectivity index (χ1n) is 6.16. The minimum absolute atomic E-state index is 0.0668. The second-order valence-electron chi connectivity index (χ2n) is 4.87. The van der Waals surface area contributed by atoms with Gasteiger partial charge in [0.15, 0.2) is 5.78 Å². The molecule has 2 heterocycles. The Hall–Kier alpha value is -1.90. The molecule has 1 aromatic rings. The maximum atomic E-state index is 11.3. The van der Waals surface area contributed by atoms with E-state index in [0.29, 0.717) is 11.5 Å². The highest BCUT2D eigenvalue weighted by Gasteiger charge is 2.35. The van der Waals surface area contributed by atoms with Crippen LogP contribution in [0.25, 0.3) is 0 Å². The van der Waals surface area contributed by atoms with Gasteiger partial charge in [0.25, 0.3) is 0 Å². The van der Waals surface area contributed by atoms with Crippen LogP contribution in [-0.2, 0) is 10.3 Å². The number of nitrogens with zero attached hydrogens (tertiary/aromatic N) is 1. The monoisotopic (exact) mass is 242 g/mol. The number of pyridine rings is 1. The first-order chi connectivity index (χ1) is 8.56. The molecule has 1 N–H and O–H groups in total. The van der Waals surface area contributed by atoms with Crippen molar-refractivity contribution in [3.05, 3.63) is 54.0 Å². The molecule has 3 heteroatoms. The third kappa shape index (κ3) is 2.08. The lowest BCUT2D eigenvalue weighted by molar-refractivity contribution is -0.113. The summed E-state index contributed by atoms with van der Waals surface area (Å²) in [4.78, 5) is 15.8. The van der Waals surface area contributed by atoms with Crippen LogP contribution in [0.5, 0.6) is 0 Å². The standard InChI is InChI=1S/C15H18N2O/c1-11(2)15(14-6-4-5-9-16-14)8-7-13(10-17-15)12(3)18/h4-11,17H,1-3H3. The minimum Gasteiger partial charge on any atom is -0.376 e. The predicted octanol–water partition coefficient (Wildman–Crippen LogP) is 2.57. The number of rotatable bonds is 3. The summed E-state index contributed by atoms with van der Waals surface area (Å²) in [6.45, 7) is 5.85. The molecule has 1 atom stereocenters. The zero-order chi connectivity index (χ0) is 13.2. The second kappa shape index (κ2) is 4.77. The normalized spacial score (nSPS) is 22.6. The van der Waals surface area contributed by atoms with E-state index in [1.165, 1.54) is 0 Å². The molecule has 0 fully saturated rings. The summed E-state index contributed by atoms with van der Waals surface area (Å²) >= 11 is 0. The van der Waals surface area contributed by atoms with E-state index in [4.69, 9.17) is 0 Å². The molecule has 0 saturated heterocycles. The number of dihydropyridines is 1. The molecule has 0 amide bonds. The van der Waals surface area contributed by atoms with Crippen molar-refractivity contribution in [1.82, 2.24) is 10.3 Å². The van der Waals surface area contributed by atoms with Crippen molar-refractivity contribution in [2.24, 2.45) is 5.92 Å². The maximum absolute atomic E-state index is 11.3. The van der Waals surface area contributed by atoms with Crippen LogP contribution < -0.4 is 5.32 Å². The van der Waals surface area contributed by atoms with Crippen LogP contribution in [0.4, 0.5) is 0 Å². The van der Waals surface area contributed by atoms with Gasteiger partial charge >= 0.3 is 0 Å². The van der Waals surface area contributed by atoms with Crippen LogP contribution in [0, 0.1) is 5.92 Å². The van der Waals surface area contributed by atoms with Crippen molar-refractivity contribution < 1.29 is 4.79 Å². The molecule has 0 aliphatic carbocycles. The van der Waals surface area contributed by atoms with E-state index in [0.717, 1.165) is 5.69 Å². The fourth-order valence-electron chi connectivity index (χ4n) is 2.16. The van der Waals surface area contributed by atoms with Gasteiger partial charge < -0.3 is 5.32 Å². The lowest BCUT2D eigenvalue weighted by Gasteiger charge is -2.37. The number of Topliss-reactive ketones (excluding diaryl/α,β-unsaturated/α-hetero) is 1. The SMILES string of the molecule is CC(=O)C1=CNC(c2ccccn2)(C(C)C)C=C1. The Bertz CT molecular complexity index is 502. The number of nitrogens with one attached hydrogen (secondary N) is 1. The van der Waals surface area contributed by atoms with E-state index < -0.39 is 0 Å². The molecule has 1 unspecified atom stereocenters. The van der Waals surface area contributed by atoms with Gasteiger partial charge in [-0.25, -0.2) is 0 Å². The third-order valence-electron chi connectivity index (χ3n) is 3.40. The molecule has 0 spiro atoms. The number of hydrogen-bond acceptors (Lipinski definition) is 3. The summed E-state index contributed by atoms with van der Waals surface area (Å²) in [6, 6.07) is 5.89. The van der Waals surface area contributed by atoms with Crippen LogP contribution in [0.15, 0.2) is 48.3 Å². The van der Waals surface area contributed by atoms with Gasteiger partial charge in [0.2, 0.25) is 0 Å². The summed E-state index contributed by atoms with van der Waals surface area (Å²) in [5.74, 6) is 0.394. The summed E-state index contributed by atoms with van der Waals surface area (Å²) < 4.78 is 0. The Balaban J connectivity index is 2.40. The first-order valence-corrected chi connectivity index (χ1v) is 6.16. The molecule has 94 valence electrons. The number of carbonyl (C=O) groups excluding carboxylic acids is 1. The Labute approximate surface area is 108 Å². The van der Waals surface area contributed by atoms with E-state index in [9.17, 15) is 4.79 Å². The van der Waals surface area contributed by atoms with Crippen LogP contribution in [0.1, 0.15) is 26.5 Å². The van der Waals surface area contributed by atoms with E-state index in [2.05, 4.69) is 24.1 Å². The molecule has 1 aliphatic heterocycles. The molecule has 18 heavy (non-hydrogen) atoms.